The van der Waals surface area contributed by atoms with Gasteiger partial charge < -0.3 is 20.9 Å². The number of nitrogens with zero attached hydrogens (tertiary/aromatic N) is 3. The summed E-state index contributed by atoms with van der Waals surface area (Å²) in [5.41, 5.74) is 6.18. The lowest BCUT2D eigenvalue weighted by Gasteiger charge is -2.51. The molecule has 2 aromatic heterocycles. The van der Waals surface area contributed by atoms with Crippen LogP contribution in [0.5, 0.6) is 0 Å². The first-order valence-electron chi connectivity index (χ1n) is 7.16. The second-order valence-electron chi connectivity index (χ2n) is 5.64. The zero-order valence-electron chi connectivity index (χ0n) is 12.1. The van der Waals surface area contributed by atoms with Crippen molar-refractivity contribution in [2.24, 2.45) is 5.73 Å². The number of carbonyl (C=O) groups is 1. The molecule has 1 aliphatic rings. The van der Waals surface area contributed by atoms with Crippen molar-refractivity contribution < 1.29 is 4.79 Å². The molecule has 7 heteroatoms. The first-order valence-corrected chi connectivity index (χ1v) is 7.16. The van der Waals surface area contributed by atoms with E-state index in [1.165, 1.54) is 6.33 Å². The minimum absolute atomic E-state index is 0.0267. The molecule has 1 amide bonds. The van der Waals surface area contributed by atoms with E-state index in [4.69, 9.17) is 5.73 Å². The van der Waals surface area contributed by atoms with E-state index in [0.717, 1.165) is 42.8 Å². The van der Waals surface area contributed by atoms with Gasteiger partial charge in [0.05, 0.1) is 11.9 Å². The second-order valence-corrected chi connectivity index (χ2v) is 5.64. The van der Waals surface area contributed by atoms with Crippen LogP contribution in [-0.2, 0) is 4.79 Å². The topological polar surface area (TPSA) is 99.9 Å². The molecule has 0 radical (unpaired) electrons. The van der Waals surface area contributed by atoms with Gasteiger partial charge in [0.25, 0.3) is 0 Å². The fourth-order valence-corrected chi connectivity index (χ4v) is 2.86. The van der Waals surface area contributed by atoms with Crippen LogP contribution in [0.25, 0.3) is 11.0 Å². The molecule has 3 heterocycles. The lowest BCUT2D eigenvalue weighted by atomic mass is 9.83. The molecule has 0 unspecified atom stereocenters. The van der Waals surface area contributed by atoms with E-state index < -0.39 is 0 Å². The number of carbonyl (C=O) groups excluding carboxylic acids is 1. The van der Waals surface area contributed by atoms with Gasteiger partial charge in [0.2, 0.25) is 5.91 Å². The summed E-state index contributed by atoms with van der Waals surface area (Å²) in [4.78, 5) is 25.1. The van der Waals surface area contributed by atoms with Crippen LogP contribution in [0.3, 0.4) is 0 Å². The van der Waals surface area contributed by atoms with Gasteiger partial charge in [-0.1, -0.05) is 0 Å². The molecule has 1 aliphatic heterocycles. The van der Waals surface area contributed by atoms with Crippen LogP contribution < -0.4 is 11.1 Å². The minimum Gasteiger partial charge on any atom is -0.369 e. The lowest BCUT2D eigenvalue weighted by Crippen LogP contribution is -2.62. The molecule has 0 bridgehead atoms. The van der Waals surface area contributed by atoms with Gasteiger partial charge in [0.15, 0.2) is 0 Å². The monoisotopic (exact) mass is 288 g/mol. The van der Waals surface area contributed by atoms with Crippen molar-refractivity contribution in [1.82, 2.24) is 19.9 Å². The van der Waals surface area contributed by atoms with Crippen molar-refractivity contribution in [1.29, 1.82) is 0 Å². The Balaban J connectivity index is 1.61. The number of aromatic amines is 1. The van der Waals surface area contributed by atoms with Gasteiger partial charge in [-0.25, -0.2) is 9.97 Å². The van der Waals surface area contributed by atoms with Gasteiger partial charge in [0.1, 0.15) is 17.8 Å². The molecular formula is C14H20N6O. The highest BCUT2D eigenvalue weighted by Gasteiger charge is 2.42. The van der Waals surface area contributed by atoms with Crippen molar-refractivity contribution in [3.8, 4) is 0 Å². The molecule has 0 saturated carbocycles. The Bertz CT molecular complexity index is 654. The SMILES string of the molecule is C[C@@]1(CCNc2ncnc3[nH]ccc23)CCN1C(=O)CN. The number of nitrogens with one attached hydrogen (secondary N) is 2. The van der Waals surface area contributed by atoms with E-state index in [-0.39, 0.29) is 18.0 Å². The van der Waals surface area contributed by atoms with Crippen LogP contribution in [0.4, 0.5) is 5.82 Å². The zero-order chi connectivity index (χ0) is 14.9. The third-order valence-electron chi connectivity index (χ3n) is 4.31. The van der Waals surface area contributed by atoms with E-state index >= 15 is 0 Å². The van der Waals surface area contributed by atoms with Crippen LogP contribution >= 0.6 is 0 Å². The Labute approximate surface area is 122 Å². The minimum atomic E-state index is -0.0895. The van der Waals surface area contributed by atoms with Crippen LogP contribution in [0.2, 0.25) is 0 Å². The molecule has 1 saturated heterocycles. The van der Waals surface area contributed by atoms with E-state index in [9.17, 15) is 4.79 Å². The maximum atomic E-state index is 11.7. The van der Waals surface area contributed by atoms with Gasteiger partial charge in [-0.15, -0.1) is 0 Å². The Morgan fingerprint density at radius 2 is 2.43 bits per heavy atom. The third kappa shape index (κ3) is 2.44. The first kappa shape index (κ1) is 13.8. The van der Waals surface area contributed by atoms with Crippen molar-refractivity contribution >= 4 is 22.8 Å². The standard InChI is InChI=1S/C14H20N6O/c1-14(4-7-20(14)11(21)8-15)3-6-17-13-10-2-5-16-12(10)18-9-19-13/h2,5,9H,3-4,6-8,15H2,1H3,(H2,16,17,18,19)/t14-/m1/s1. The van der Waals surface area contributed by atoms with E-state index in [1.54, 1.807) is 0 Å². The number of hydrogen-bond acceptors (Lipinski definition) is 5. The second kappa shape index (κ2) is 5.33. The Morgan fingerprint density at radius 1 is 1.57 bits per heavy atom. The van der Waals surface area contributed by atoms with Gasteiger partial charge in [-0.2, -0.15) is 0 Å². The first-order chi connectivity index (χ1) is 10.1. The van der Waals surface area contributed by atoms with Crippen LogP contribution in [0.15, 0.2) is 18.6 Å². The van der Waals surface area contributed by atoms with Gasteiger partial charge in [-0.05, 0) is 25.8 Å². The average molecular weight is 288 g/mol. The molecule has 7 nitrogen and oxygen atoms in total. The quantitative estimate of drug-likeness (QED) is 0.752. The third-order valence-corrected chi connectivity index (χ3v) is 4.31. The normalized spacial score (nSPS) is 21.3. The lowest BCUT2D eigenvalue weighted by molar-refractivity contribution is -0.144. The predicted molar refractivity (Wildman–Crippen MR) is 80.8 cm³/mol. The molecule has 3 rings (SSSR count). The number of rotatable bonds is 5. The maximum Gasteiger partial charge on any atom is 0.236 e. The van der Waals surface area contributed by atoms with Crippen LogP contribution in [0, 0.1) is 0 Å². The number of H-pyrrole nitrogens is 1. The number of amides is 1. The molecule has 0 spiro atoms. The fraction of sp³-hybridized carbons (Fsp3) is 0.500. The predicted octanol–water partition coefficient (Wildman–Crippen LogP) is 0.710. The fourth-order valence-electron chi connectivity index (χ4n) is 2.86. The van der Waals surface area contributed by atoms with Crippen molar-refractivity contribution in [3.05, 3.63) is 18.6 Å². The van der Waals surface area contributed by atoms with Gasteiger partial charge in [0, 0.05) is 24.8 Å². The number of likely N-dealkylation sites (tertiary alicyclic amines) is 1. The summed E-state index contributed by atoms with van der Waals surface area (Å²) in [6.07, 6.45) is 5.27. The maximum absolute atomic E-state index is 11.7. The number of hydrogen-bond donors (Lipinski definition) is 3. The highest BCUT2D eigenvalue weighted by Crippen LogP contribution is 2.33. The molecule has 1 fully saturated rings. The number of aromatic nitrogens is 3. The summed E-state index contributed by atoms with van der Waals surface area (Å²) in [5.74, 6) is 0.847. The Morgan fingerprint density at radius 3 is 3.14 bits per heavy atom. The van der Waals surface area contributed by atoms with Crippen LogP contribution in [-0.4, -0.2) is 50.9 Å². The molecule has 0 aromatic carbocycles. The largest absolute Gasteiger partial charge is 0.369 e. The Kier molecular flexibility index (Phi) is 3.50. The molecule has 0 aliphatic carbocycles. The van der Waals surface area contributed by atoms with E-state index in [2.05, 4.69) is 27.2 Å². The summed E-state index contributed by atoms with van der Waals surface area (Å²) in [5, 5.41) is 4.31. The summed E-state index contributed by atoms with van der Waals surface area (Å²) < 4.78 is 0. The zero-order valence-corrected chi connectivity index (χ0v) is 12.1. The van der Waals surface area contributed by atoms with Crippen molar-refractivity contribution in [3.63, 3.8) is 0 Å². The summed E-state index contributed by atoms with van der Waals surface area (Å²) in [6, 6.07) is 1.95. The summed E-state index contributed by atoms with van der Waals surface area (Å²) in [6.45, 7) is 3.75. The Hall–Kier alpha value is -2.15. The smallest absolute Gasteiger partial charge is 0.236 e. The van der Waals surface area contributed by atoms with E-state index in [1.807, 2.05) is 17.2 Å². The summed E-state index contributed by atoms with van der Waals surface area (Å²) in [7, 11) is 0. The molecule has 4 N–H and O–H groups in total. The average Bonchev–Trinajstić information content (AvgIpc) is 2.95. The number of nitrogens with two attached hydrogens (primary N) is 1. The molecule has 2 aromatic rings. The molecule has 112 valence electrons. The highest BCUT2D eigenvalue weighted by atomic mass is 16.2. The number of anilines is 1. The molecular weight excluding hydrogens is 268 g/mol. The molecule has 21 heavy (non-hydrogen) atoms. The van der Waals surface area contributed by atoms with Crippen LogP contribution in [0.1, 0.15) is 19.8 Å². The summed E-state index contributed by atoms with van der Waals surface area (Å²) >= 11 is 0. The van der Waals surface area contributed by atoms with Gasteiger partial charge >= 0.3 is 0 Å². The highest BCUT2D eigenvalue weighted by molar-refractivity contribution is 5.86. The number of fused-ring (bicyclic) bond motifs is 1. The van der Waals surface area contributed by atoms with Gasteiger partial charge in [-0.3, -0.25) is 4.79 Å². The van der Waals surface area contributed by atoms with Crippen molar-refractivity contribution in [2.45, 2.75) is 25.3 Å². The van der Waals surface area contributed by atoms with E-state index in [0.29, 0.717) is 0 Å². The van der Waals surface area contributed by atoms with Crippen molar-refractivity contribution in [2.75, 3.05) is 25.0 Å². The molecule has 1 atom stereocenters.